The summed E-state index contributed by atoms with van der Waals surface area (Å²) in [7, 11) is 0. The van der Waals surface area contributed by atoms with Crippen LogP contribution in [0.25, 0.3) is 0 Å². The van der Waals surface area contributed by atoms with Crippen molar-refractivity contribution >= 4 is 21.7 Å². The molecule has 1 heterocycles. The van der Waals surface area contributed by atoms with Gasteiger partial charge >= 0.3 is 0 Å². The number of aromatic nitrogens is 2. The monoisotopic (exact) mass is 258 g/mol. The van der Waals surface area contributed by atoms with Crippen LogP contribution in [0.2, 0.25) is 0 Å². The molecule has 0 radical (unpaired) electrons. The van der Waals surface area contributed by atoms with Crippen molar-refractivity contribution in [3.05, 3.63) is 16.5 Å². The Labute approximate surface area is 92.5 Å². The highest BCUT2D eigenvalue weighted by atomic mass is 79.9. The number of nitrogens with zero attached hydrogens (tertiary/aromatic N) is 2. The molecule has 0 aliphatic carbocycles. The van der Waals surface area contributed by atoms with Crippen molar-refractivity contribution in [1.82, 2.24) is 9.97 Å². The lowest BCUT2D eigenvalue weighted by Crippen LogP contribution is -2.15. The summed E-state index contributed by atoms with van der Waals surface area (Å²) in [4.78, 5) is 8.60. The number of rotatable bonds is 4. The summed E-state index contributed by atoms with van der Waals surface area (Å²) in [6.45, 7) is 5.44. The Kier molecular flexibility index (Phi) is 4.28. The maximum absolute atomic E-state index is 5.40. The molecule has 0 amide bonds. The van der Waals surface area contributed by atoms with E-state index in [4.69, 9.17) is 5.73 Å². The fourth-order valence-electron chi connectivity index (χ4n) is 0.973. The van der Waals surface area contributed by atoms with Gasteiger partial charge in [0.05, 0.1) is 4.47 Å². The van der Waals surface area contributed by atoms with Gasteiger partial charge in [-0.05, 0) is 15.9 Å². The third kappa shape index (κ3) is 2.92. The average molecular weight is 259 g/mol. The largest absolute Gasteiger partial charge is 0.368 e. The second kappa shape index (κ2) is 5.26. The van der Waals surface area contributed by atoms with Gasteiger partial charge in [0, 0.05) is 25.2 Å². The smallest absolute Gasteiger partial charge is 0.144 e. The number of nitrogens with two attached hydrogens (primary N) is 1. The minimum absolute atomic E-state index is 0.335. The van der Waals surface area contributed by atoms with E-state index < -0.39 is 0 Å². The predicted octanol–water partition coefficient (Wildman–Crippen LogP) is 1.73. The van der Waals surface area contributed by atoms with Crippen LogP contribution in [-0.4, -0.2) is 23.1 Å². The van der Waals surface area contributed by atoms with Crippen molar-refractivity contribution in [1.29, 1.82) is 0 Å². The number of nitrogens with one attached hydrogen (secondary N) is 1. The van der Waals surface area contributed by atoms with Gasteiger partial charge in [0.2, 0.25) is 0 Å². The lowest BCUT2D eigenvalue weighted by Gasteiger charge is -2.09. The quantitative estimate of drug-likeness (QED) is 0.864. The van der Waals surface area contributed by atoms with E-state index in [0.29, 0.717) is 19.0 Å². The Morgan fingerprint density at radius 1 is 1.57 bits per heavy atom. The first kappa shape index (κ1) is 11.4. The van der Waals surface area contributed by atoms with Crippen molar-refractivity contribution in [3.63, 3.8) is 0 Å². The van der Waals surface area contributed by atoms with Crippen LogP contribution in [0.3, 0.4) is 0 Å². The van der Waals surface area contributed by atoms with Gasteiger partial charge in [0.15, 0.2) is 0 Å². The molecule has 0 atom stereocenters. The van der Waals surface area contributed by atoms with Crippen molar-refractivity contribution in [2.45, 2.75) is 19.8 Å². The van der Waals surface area contributed by atoms with Gasteiger partial charge < -0.3 is 11.1 Å². The molecule has 0 aliphatic heterocycles. The van der Waals surface area contributed by atoms with Crippen molar-refractivity contribution in [2.75, 3.05) is 18.4 Å². The summed E-state index contributed by atoms with van der Waals surface area (Å²) >= 11 is 3.38. The lowest BCUT2D eigenvalue weighted by atomic mass is 10.2. The van der Waals surface area contributed by atoms with E-state index in [0.717, 1.165) is 16.1 Å². The van der Waals surface area contributed by atoms with Crippen LogP contribution in [0.5, 0.6) is 0 Å². The third-order valence-electron chi connectivity index (χ3n) is 1.72. The SMILES string of the molecule is CC(C)c1ncc(Br)c(NCCN)n1. The Hall–Kier alpha value is -0.680. The second-order valence-corrected chi connectivity index (χ2v) is 4.15. The van der Waals surface area contributed by atoms with E-state index in [9.17, 15) is 0 Å². The van der Waals surface area contributed by atoms with E-state index in [-0.39, 0.29) is 0 Å². The highest BCUT2D eigenvalue weighted by Gasteiger charge is 2.06. The highest BCUT2D eigenvalue weighted by molar-refractivity contribution is 9.10. The minimum Gasteiger partial charge on any atom is -0.368 e. The normalized spacial score (nSPS) is 10.6. The third-order valence-corrected chi connectivity index (χ3v) is 2.30. The molecule has 78 valence electrons. The van der Waals surface area contributed by atoms with Crippen molar-refractivity contribution < 1.29 is 0 Å². The number of hydrogen-bond acceptors (Lipinski definition) is 4. The predicted molar refractivity (Wildman–Crippen MR) is 61.4 cm³/mol. The van der Waals surface area contributed by atoms with Crippen LogP contribution in [0, 0.1) is 0 Å². The summed E-state index contributed by atoms with van der Waals surface area (Å²) in [6, 6.07) is 0. The molecule has 3 N–H and O–H groups in total. The summed E-state index contributed by atoms with van der Waals surface area (Å²) in [5, 5.41) is 3.13. The fraction of sp³-hybridized carbons (Fsp3) is 0.556. The Balaban J connectivity index is 2.85. The molecule has 0 aliphatic rings. The molecule has 0 unspecified atom stereocenters. The Bertz CT molecular complexity index is 301. The molecule has 14 heavy (non-hydrogen) atoms. The van der Waals surface area contributed by atoms with Crippen LogP contribution < -0.4 is 11.1 Å². The standard InChI is InChI=1S/C9H15BrN4/c1-6(2)8-13-5-7(10)9(14-8)12-4-3-11/h5-6H,3-4,11H2,1-2H3,(H,12,13,14). The maximum atomic E-state index is 5.40. The fourth-order valence-corrected chi connectivity index (χ4v) is 1.30. The molecule has 5 heteroatoms. The zero-order valence-electron chi connectivity index (χ0n) is 8.42. The van der Waals surface area contributed by atoms with E-state index in [2.05, 4.69) is 45.1 Å². The summed E-state index contributed by atoms with van der Waals surface area (Å²) in [5.74, 6) is 1.99. The van der Waals surface area contributed by atoms with E-state index >= 15 is 0 Å². The molecular formula is C9H15BrN4. The first-order valence-corrected chi connectivity index (χ1v) is 5.40. The molecule has 1 aromatic heterocycles. The van der Waals surface area contributed by atoms with Gasteiger partial charge in [-0.1, -0.05) is 13.8 Å². The van der Waals surface area contributed by atoms with Gasteiger partial charge in [-0.25, -0.2) is 9.97 Å². The first-order chi connectivity index (χ1) is 6.65. The van der Waals surface area contributed by atoms with Crippen LogP contribution in [-0.2, 0) is 0 Å². The molecule has 0 spiro atoms. The van der Waals surface area contributed by atoms with Crippen LogP contribution in [0.15, 0.2) is 10.7 Å². The van der Waals surface area contributed by atoms with Gasteiger partial charge in [-0.2, -0.15) is 0 Å². The summed E-state index contributed by atoms with van der Waals surface area (Å²) in [6.07, 6.45) is 1.77. The molecule has 0 saturated carbocycles. The number of hydrogen-bond donors (Lipinski definition) is 2. The van der Waals surface area contributed by atoms with Gasteiger partial charge in [0.1, 0.15) is 11.6 Å². The Morgan fingerprint density at radius 3 is 2.86 bits per heavy atom. The molecule has 0 bridgehead atoms. The molecule has 0 saturated heterocycles. The van der Waals surface area contributed by atoms with Gasteiger partial charge in [0.25, 0.3) is 0 Å². The van der Waals surface area contributed by atoms with Crippen LogP contribution in [0.1, 0.15) is 25.6 Å². The number of halogens is 1. The molecule has 1 aromatic rings. The molecule has 0 fully saturated rings. The van der Waals surface area contributed by atoms with Gasteiger partial charge in [-0.3, -0.25) is 0 Å². The van der Waals surface area contributed by atoms with E-state index in [1.54, 1.807) is 6.20 Å². The number of anilines is 1. The van der Waals surface area contributed by atoms with Crippen LogP contribution >= 0.6 is 15.9 Å². The second-order valence-electron chi connectivity index (χ2n) is 3.29. The zero-order valence-corrected chi connectivity index (χ0v) is 10.0. The summed E-state index contributed by atoms with van der Waals surface area (Å²) < 4.78 is 0.871. The molecule has 4 nitrogen and oxygen atoms in total. The maximum Gasteiger partial charge on any atom is 0.144 e. The summed E-state index contributed by atoms with van der Waals surface area (Å²) in [5.41, 5.74) is 5.40. The highest BCUT2D eigenvalue weighted by Crippen LogP contribution is 2.20. The lowest BCUT2D eigenvalue weighted by molar-refractivity contribution is 0.772. The first-order valence-electron chi connectivity index (χ1n) is 4.61. The van der Waals surface area contributed by atoms with Crippen molar-refractivity contribution in [2.24, 2.45) is 5.73 Å². The van der Waals surface area contributed by atoms with Crippen LogP contribution in [0.4, 0.5) is 5.82 Å². The van der Waals surface area contributed by atoms with E-state index in [1.807, 2.05) is 0 Å². The Morgan fingerprint density at radius 2 is 2.29 bits per heavy atom. The average Bonchev–Trinajstić information content (AvgIpc) is 2.16. The topological polar surface area (TPSA) is 63.8 Å². The zero-order chi connectivity index (χ0) is 10.6. The van der Waals surface area contributed by atoms with Crippen molar-refractivity contribution in [3.8, 4) is 0 Å². The van der Waals surface area contributed by atoms with Gasteiger partial charge in [-0.15, -0.1) is 0 Å². The molecule has 1 rings (SSSR count). The molecular weight excluding hydrogens is 244 g/mol. The minimum atomic E-state index is 0.335. The van der Waals surface area contributed by atoms with E-state index in [1.165, 1.54) is 0 Å². The molecule has 0 aromatic carbocycles.